The van der Waals surface area contributed by atoms with Crippen LogP contribution in [0.4, 0.5) is 11.5 Å². The summed E-state index contributed by atoms with van der Waals surface area (Å²) in [6, 6.07) is 1.84. The molecule has 0 aliphatic carbocycles. The summed E-state index contributed by atoms with van der Waals surface area (Å²) < 4.78 is 0. The Morgan fingerprint density at radius 1 is 1.65 bits per heavy atom. The minimum absolute atomic E-state index is 0.0374. The van der Waals surface area contributed by atoms with E-state index in [0.29, 0.717) is 17.9 Å². The molecule has 0 aromatic carbocycles. The van der Waals surface area contributed by atoms with E-state index in [9.17, 15) is 10.1 Å². The van der Waals surface area contributed by atoms with Crippen molar-refractivity contribution in [3.05, 3.63) is 27.9 Å². The predicted octanol–water partition coefficient (Wildman–Crippen LogP) is 1.84. The number of anilines is 1. The van der Waals surface area contributed by atoms with Gasteiger partial charge in [-0.15, -0.1) is 0 Å². The van der Waals surface area contributed by atoms with Crippen molar-refractivity contribution in [3.63, 3.8) is 0 Å². The Labute approximate surface area is 100 Å². The average Bonchev–Trinajstić information content (AvgIpc) is 2.28. The highest BCUT2D eigenvalue weighted by Crippen LogP contribution is 2.19. The number of rotatable bonds is 6. The number of hydrogen-bond donors (Lipinski definition) is 2. The maximum atomic E-state index is 10.6. The van der Waals surface area contributed by atoms with Crippen molar-refractivity contribution in [1.82, 2.24) is 4.98 Å². The van der Waals surface area contributed by atoms with Gasteiger partial charge in [-0.05, 0) is 19.4 Å². The first kappa shape index (κ1) is 13.4. The first-order valence-corrected chi connectivity index (χ1v) is 5.66. The van der Waals surface area contributed by atoms with Crippen molar-refractivity contribution in [1.29, 1.82) is 0 Å². The molecule has 17 heavy (non-hydrogen) atoms. The number of nitrogens with two attached hydrogens (primary N) is 1. The Balaban J connectivity index is 2.79. The fourth-order valence-electron chi connectivity index (χ4n) is 1.63. The second-order valence-electron chi connectivity index (χ2n) is 3.98. The van der Waals surface area contributed by atoms with E-state index < -0.39 is 4.92 Å². The fourth-order valence-corrected chi connectivity index (χ4v) is 1.63. The maximum Gasteiger partial charge on any atom is 0.290 e. The molecule has 1 heterocycles. The quantitative estimate of drug-likeness (QED) is 0.582. The second-order valence-corrected chi connectivity index (χ2v) is 3.98. The monoisotopic (exact) mass is 238 g/mol. The molecule has 0 amide bonds. The molecule has 0 bridgehead atoms. The van der Waals surface area contributed by atoms with Gasteiger partial charge in [-0.25, -0.2) is 4.98 Å². The zero-order valence-electron chi connectivity index (χ0n) is 10.1. The highest BCUT2D eigenvalue weighted by atomic mass is 16.6. The summed E-state index contributed by atoms with van der Waals surface area (Å²) in [6.07, 6.45) is 3.26. The molecule has 6 nitrogen and oxygen atoms in total. The Morgan fingerprint density at radius 3 is 2.82 bits per heavy atom. The summed E-state index contributed by atoms with van der Waals surface area (Å²) in [6.45, 7) is 4.30. The van der Waals surface area contributed by atoms with Crippen molar-refractivity contribution in [2.45, 2.75) is 32.7 Å². The second kappa shape index (κ2) is 6.15. The lowest BCUT2D eigenvalue weighted by Gasteiger charge is -2.16. The minimum atomic E-state index is -0.432. The van der Waals surface area contributed by atoms with Crippen molar-refractivity contribution in [3.8, 4) is 0 Å². The third kappa shape index (κ3) is 3.67. The molecule has 0 fully saturated rings. The van der Waals surface area contributed by atoms with E-state index in [4.69, 9.17) is 5.73 Å². The SMILES string of the molecule is CCCC(CN)Nc1cc(C)c([N+](=O)[O-])cn1. The molecule has 94 valence electrons. The van der Waals surface area contributed by atoms with Gasteiger partial charge in [-0.3, -0.25) is 10.1 Å². The Morgan fingerprint density at radius 2 is 2.35 bits per heavy atom. The van der Waals surface area contributed by atoms with E-state index in [1.807, 2.05) is 0 Å². The molecule has 1 rings (SSSR count). The number of hydrogen-bond acceptors (Lipinski definition) is 5. The zero-order chi connectivity index (χ0) is 12.8. The molecule has 6 heteroatoms. The summed E-state index contributed by atoms with van der Waals surface area (Å²) in [5, 5.41) is 13.8. The zero-order valence-corrected chi connectivity index (χ0v) is 10.1. The first-order valence-electron chi connectivity index (χ1n) is 5.66. The Hall–Kier alpha value is -1.69. The molecule has 0 radical (unpaired) electrons. The van der Waals surface area contributed by atoms with Gasteiger partial charge in [0.15, 0.2) is 0 Å². The highest BCUT2D eigenvalue weighted by molar-refractivity contribution is 5.47. The lowest BCUT2D eigenvalue weighted by molar-refractivity contribution is -0.385. The summed E-state index contributed by atoms with van der Waals surface area (Å²) >= 11 is 0. The van der Waals surface area contributed by atoms with Gasteiger partial charge >= 0.3 is 0 Å². The minimum Gasteiger partial charge on any atom is -0.366 e. The van der Waals surface area contributed by atoms with Crippen LogP contribution in [0.15, 0.2) is 12.3 Å². The van der Waals surface area contributed by atoms with Crippen LogP contribution in [0.5, 0.6) is 0 Å². The highest BCUT2D eigenvalue weighted by Gasteiger charge is 2.13. The number of nitro groups is 1. The van der Waals surface area contributed by atoms with Gasteiger partial charge in [0.25, 0.3) is 5.69 Å². The van der Waals surface area contributed by atoms with Gasteiger partial charge < -0.3 is 11.1 Å². The molecule has 1 aromatic heterocycles. The topological polar surface area (TPSA) is 94.1 Å². The van der Waals surface area contributed by atoms with E-state index in [0.717, 1.165) is 12.8 Å². The Kier molecular flexibility index (Phi) is 4.84. The third-order valence-electron chi connectivity index (χ3n) is 2.55. The molecule has 1 unspecified atom stereocenters. The summed E-state index contributed by atoms with van der Waals surface area (Å²) in [5.74, 6) is 0.636. The van der Waals surface area contributed by atoms with Crippen LogP contribution in [-0.4, -0.2) is 22.5 Å². The molecule has 0 saturated carbocycles. The number of aromatic nitrogens is 1. The lowest BCUT2D eigenvalue weighted by Crippen LogP contribution is -2.29. The molecular formula is C11H18N4O2. The molecule has 0 aliphatic heterocycles. The molecule has 1 atom stereocenters. The number of nitrogens with zero attached hydrogens (tertiary/aromatic N) is 2. The van der Waals surface area contributed by atoms with Gasteiger partial charge in [-0.1, -0.05) is 13.3 Å². The number of aryl methyl sites for hydroxylation is 1. The van der Waals surface area contributed by atoms with E-state index in [-0.39, 0.29) is 11.7 Å². The van der Waals surface area contributed by atoms with E-state index >= 15 is 0 Å². The van der Waals surface area contributed by atoms with Crippen LogP contribution in [0.3, 0.4) is 0 Å². The van der Waals surface area contributed by atoms with Crippen LogP contribution < -0.4 is 11.1 Å². The fraction of sp³-hybridized carbons (Fsp3) is 0.545. The van der Waals surface area contributed by atoms with E-state index in [2.05, 4.69) is 17.2 Å². The molecule has 0 aliphatic rings. The van der Waals surface area contributed by atoms with Crippen LogP contribution in [0, 0.1) is 17.0 Å². The van der Waals surface area contributed by atoms with Gasteiger partial charge in [0.1, 0.15) is 12.0 Å². The van der Waals surface area contributed by atoms with Gasteiger partial charge in [-0.2, -0.15) is 0 Å². The Bertz CT molecular complexity index is 395. The molecule has 0 saturated heterocycles. The van der Waals surface area contributed by atoms with Gasteiger partial charge in [0.2, 0.25) is 0 Å². The van der Waals surface area contributed by atoms with Crippen molar-refractivity contribution in [2.24, 2.45) is 5.73 Å². The summed E-state index contributed by atoms with van der Waals surface area (Å²) in [7, 11) is 0. The first-order chi connectivity index (χ1) is 8.08. The average molecular weight is 238 g/mol. The van der Waals surface area contributed by atoms with Crippen LogP contribution in [0.1, 0.15) is 25.3 Å². The van der Waals surface area contributed by atoms with Crippen molar-refractivity contribution >= 4 is 11.5 Å². The van der Waals surface area contributed by atoms with E-state index in [1.54, 1.807) is 13.0 Å². The summed E-state index contributed by atoms with van der Waals surface area (Å²) in [4.78, 5) is 14.2. The van der Waals surface area contributed by atoms with Crippen LogP contribution in [0.2, 0.25) is 0 Å². The normalized spacial score (nSPS) is 12.2. The summed E-state index contributed by atoms with van der Waals surface area (Å²) in [5.41, 5.74) is 6.26. The number of pyridine rings is 1. The molecule has 0 spiro atoms. The van der Waals surface area contributed by atoms with Gasteiger partial charge in [0, 0.05) is 18.2 Å². The number of nitrogens with one attached hydrogen (secondary N) is 1. The molecular weight excluding hydrogens is 220 g/mol. The van der Waals surface area contributed by atoms with Crippen molar-refractivity contribution < 1.29 is 4.92 Å². The van der Waals surface area contributed by atoms with Crippen LogP contribution in [-0.2, 0) is 0 Å². The van der Waals surface area contributed by atoms with Gasteiger partial charge in [0.05, 0.1) is 4.92 Å². The third-order valence-corrected chi connectivity index (χ3v) is 2.55. The standard InChI is InChI=1S/C11H18N4O2/c1-3-4-9(6-12)14-11-5-8(2)10(7-13-11)15(16)17/h5,7,9H,3-4,6,12H2,1-2H3,(H,13,14). The smallest absolute Gasteiger partial charge is 0.290 e. The lowest BCUT2D eigenvalue weighted by atomic mass is 10.1. The molecule has 1 aromatic rings. The largest absolute Gasteiger partial charge is 0.366 e. The van der Waals surface area contributed by atoms with Crippen LogP contribution in [0.25, 0.3) is 0 Å². The van der Waals surface area contributed by atoms with Crippen molar-refractivity contribution in [2.75, 3.05) is 11.9 Å². The molecule has 3 N–H and O–H groups in total. The maximum absolute atomic E-state index is 10.6. The van der Waals surface area contributed by atoms with Crippen LogP contribution >= 0.6 is 0 Å². The predicted molar refractivity (Wildman–Crippen MR) is 67.0 cm³/mol. The van der Waals surface area contributed by atoms with E-state index in [1.165, 1.54) is 6.20 Å².